The number of nitrogens with zero attached hydrogens (tertiary/aromatic N) is 1. The Bertz CT molecular complexity index is 758. The van der Waals surface area contributed by atoms with Crippen LogP contribution in [-0.2, 0) is 9.59 Å². The van der Waals surface area contributed by atoms with Crippen LogP contribution in [-0.4, -0.2) is 22.7 Å². The Morgan fingerprint density at radius 1 is 1.17 bits per heavy atom. The summed E-state index contributed by atoms with van der Waals surface area (Å²) in [5, 5.41) is 2.72. The topological polar surface area (TPSA) is 66.5 Å². The van der Waals surface area contributed by atoms with Crippen LogP contribution < -0.4 is 5.43 Å². The van der Waals surface area contributed by atoms with E-state index in [9.17, 15) is 14.4 Å². The average Bonchev–Trinajstić information content (AvgIpc) is 3.26. The number of allylic oxidation sites excluding steroid dienone is 2. The van der Waals surface area contributed by atoms with Gasteiger partial charge in [0.15, 0.2) is 0 Å². The molecular weight excluding hydrogens is 324 g/mol. The first kappa shape index (κ1) is 15.6. The van der Waals surface area contributed by atoms with Crippen molar-refractivity contribution in [3.8, 4) is 0 Å². The number of fused-ring (bicyclic) bond motifs is 5. The number of thiophene rings is 1. The van der Waals surface area contributed by atoms with Gasteiger partial charge in [0.2, 0.25) is 0 Å². The summed E-state index contributed by atoms with van der Waals surface area (Å²) < 4.78 is 0. The zero-order valence-electron chi connectivity index (χ0n) is 14.0. The van der Waals surface area contributed by atoms with Crippen molar-refractivity contribution in [3.05, 3.63) is 33.0 Å². The number of carbonyl (C=O) groups excluding carboxylic acids is 3. The zero-order valence-corrected chi connectivity index (χ0v) is 14.8. The minimum Gasteiger partial charge on any atom is -0.272 e. The number of rotatable bonds is 2. The first-order valence-corrected chi connectivity index (χ1v) is 9.19. The molecule has 126 valence electrons. The molecule has 0 spiro atoms. The molecule has 2 aliphatic carbocycles. The van der Waals surface area contributed by atoms with Gasteiger partial charge < -0.3 is 0 Å². The number of aryl methyl sites for hydroxylation is 1. The Morgan fingerprint density at radius 2 is 1.75 bits per heavy atom. The van der Waals surface area contributed by atoms with Crippen LogP contribution in [0.5, 0.6) is 0 Å². The van der Waals surface area contributed by atoms with Crippen LogP contribution in [0.1, 0.15) is 41.9 Å². The molecule has 0 aromatic carbocycles. The molecule has 3 fully saturated rings. The maximum absolute atomic E-state index is 12.8. The lowest BCUT2D eigenvalue weighted by atomic mass is 9.81. The van der Waals surface area contributed by atoms with Crippen LogP contribution in [0.25, 0.3) is 0 Å². The molecule has 1 aromatic rings. The second-order valence-corrected chi connectivity index (χ2v) is 8.31. The highest BCUT2D eigenvalue weighted by atomic mass is 32.1. The second-order valence-electron chi connectivity index (χ2n) is 7.20. The van der Waals surface area contributed by atoms with Gasteiger partial charge in [-0.25, -0.2) is 0 Å². The fraction of sp³-hybridized carbons (Fsp3) is 0.500. The smallest absolute Gasteiger partial charge is 0.271 e. The Morgan fingerprint density at radius 3 is 2.21 bits per heavy atom. The molecular formula is C18H20N2O3S. The van der Waals surface area contributed by atoms with Gasteiger partial charge in [0.05, 0.1) is 17.4 Å². The normalized spacial score (nSPS) is 31.0. The summed E-state index contributed by atoms with van der Waals surface area (Å²) in [6.45, 7) is 6.04. The van der Waals surface area contributed by atoms with E-state index in [1.54, 1.807) is 11.4 Å². The molecule has 5 nitrogen and oxygen atoms in total. The van der Waals surface area contributed by atoms with Crippen molar-refractivity contribution >= 4 is 29.1 Å². The number of hydrogen-bond donors (Lipinski definition) is 1. The fourth-order valence-corrected chi connectivity index (χ4v) is 5.51. The molecule has 0 unspecified atom stereocenters. The Labute approximate surface area is 144 Å². The predicted molar refractivity (Wildman–Crippen MR) is 89.9 cm³/mol. The zero-order chi connectivity index (χ0) is 17.2. The van der Waals surface area contributed by atoms with E-state index < -0.39 is 5.91 Å². The molecule has 3 amide bonds. The van der Waals surface area contributed by atoms with Crippen molar-refractivity contribution in [2.45, 2.75) is 33.6 Å². The molecule has 4 rings (SSSR count). The lowest BCUT2D eigenvalue weighted by Gasteiger charge is -2.19. The molecule has 24 heavy (non-hydrogen) atoms. The van der Waals surface area contributed by atoms with E-state index in [4.69, 9.17) is 0 Å². The van der Waals surface area contributed by atoms with Crippen LogP contribution in [0.15, 0.2) is 22.6 Å². The molecule has 2 heterocycles. The lowest BCUT2D eigenvalue weighted by molar-refractivity contribution is -0.143. The lowest BCUT2D eigenvalue weighted by Crippen LogP contribution is -2.47. The van der Waals surface area contributed by atoms with Crippen molar-refractivity contribution in [2.24, 2.45) is 23.7 Å². The Kier molecular flexibility index (Phi) is 3.42. The minimum atomic E-state index is -0.393. The molecule has 1 saturated heterocycles. The molecule has 6 heteroatoms. The van der Waals surface area contributed by atoms with Gasteiger partial charge in [0.1, 0.15) is 0 Å². The fourth-order valence-electron chi connectivity index (χ4n) is 4.83. The third kappa shape index (κ3) is 2.02. The summed E-state index contributed by atoms with van der Waals surface area (Å²) in [6, 6.07) is 1.76. The van der Waals surface area contributed by atoms with E-state index in [0.29, 0.717) is 5.56 Å². The monoisotopic (exact) mass is 344 g/mol. The molecule has 1 aliphatic heterocycles. The maximum Gasteiger partial charge on any atom is 0.271 e. The van der Waals surface area contributed by atoms with Crippen molar-refractivity contribution < 1.29 is 14.4 Å². The standard InChI is InChI=1S/C18H20N2O3S/c1-8(2)13-11-4-5-12(13)15-14(11)17(22)20(18(15)23)19-16(21)10-6-9(3)24-7-10/h6-7,11-12,14-15H,4-5H2,1-3H3,(H,19,21)/t11-,12-,14-,15-/m1/s1. The van der Waals surface area contributed by atoms with Crippen molar-refractivity contribution in [1.82, 2.24) is 10.4 Å². The van der Waals surface area contributed by atoms with Gasteiger partial charge in [-0.15, -0.1) is 11.3 Å². The summed E-state index contributed by atoms with van der Waals surface area (Å²) in [5.74, 6) is -1.10. The average molecular weight is 344 g/mol. The first-order valence-electron chi connectivity index (χ1n) is 8.31. The van der Waals surface area contributed by atoms with Gasteiger partial charge in [0.25, 0.3) is 17.7 Å². The predicted octanol–water partition coefficient (Wildman–Crippen LogP) is 2.68. The molecule has 1 aromatic heterocycles. The maximum atomic E-state index is 12.8. The first-order chi connectivity index (χ1) is 11.4. The van der Waals surface area contributed by atoms with Gasteiger partial charge in [-0.1, -0.05) is 11.1 Å². The van der Waals surface area contributed by atoms with Crippen LogP contribution in [0.2, 0.25) is 0 Å². The van der Waals surface area contributed by atoms with E-state index >= 15 is 0 Å². The van der Waals surface area contributed by atoms with Crippen LogP contribution in [0.4, 0.5) is 0 Å². The van der Waals surface area contributed by atoms with E-state index in [1.807, 2.05) is 6.92 Å². The summed E-state index contributed by atoms with van der Waals surface area (Å²) in [4.78, 5) is 38.9. The van der Waals surface area contributed by atoms with E-state index in [-0.39, 0.29) is 35.5 Å². The molecule has 4 atom stereocenters. The Hall–Kier alpha value is -1.95. The highest BCUT2D eigenvalue weighted by Gasteiger charge is 2.63. The third-order valence-corrected chi connectivity index (χ3v) is 6.50. The van der Waals surface area contributed by atoms with Gasteiger partial charge in [-0.2, -0.15) is 5.01 Å². The summed E-state index contributed by atoms with van der Waals surface area (Å²) in [5.41, 5.74) is 5.57. The number of amides is 3. The Balaban J connectivity index is 1.59. The quantitative estimate of drug-likeness (QED) is 0.662. The highest BCUT2D eigenvalue weighted by Crippen LogP contribution is 2.59. The van der Waals surface area contributed by atoms with Crippen LogP contribution in [0, 0.1) is 30.6 Å². The van der Waals surface area contributed by atoms with Gasteiger partial charge >= 0.3 is 0 Å². The summed E-state index contributed by atoms with van der Waals surface area (Å²) in [6.07, 6.45) is 1.94. The van der Waals surface area contributed by atoms with Gasteiger partial charge in [0, 0.05) is 10.3 Å². The highest BCUT2D eigenvalue weighted by molar-refractivity contribution is 7.10. The summed E-state index contributed by atoms with van der Waals surface area (Å²) >= 11 is 1.47. The van der Waals surface area contributed by atoms with Gasteiger partial charge in [-0.3, -0.25) is 19.8 Å². The third-order valence-electron chi connectivity index (χ3n) is 5.64. The van der Waals surface area contributed by atoms with Crippen molar-refractivity contribution in [1.29, 1.82) is 0 Å². The molecule has 2 bridgehead atoms. The summed E-state index contributed by atoms with van der Waals surface area (Å²) in [7, 11) is 0. The molecule has 2 saturated carbocycles. The molecule has 1 N–H and O–H groups in total. The number of hydrogen-bond acceptors (Lipinski definition) is 4. The number of imide groups is 1. The van der Waals surface area contributed by atoms with Crippen molar-refractivity contribution in [2.75, 3.05) is 0 Å². The van der Waals surface area contributed by atoms with Gasteiger partial charge in [-0.05, 0) is 51.5 Å². The van der Waals surface area contributed by atoms with E-state index in [2.05, 4.69) is 19.3 Å². The molecule has 3 aliphatic rings. The van der Waals surface area contributed by atoms with Crippen LogP contribution in [0.3, 0.4) is 0 Å². The van der Waals surface area contributed by atoms with E-state index in [1.165, 1.54) is 22.5 Å². The van der Waals surface area contributed by atoms with Crippen molar-refractivity contribution in [3.63, 3.8) is 0 Å². The number of hydrazine groups is 1. The SMILES string of the molecule is CC(C)=C1[C@H]2CC[C@H]1[C@H]1C(=O)N(NC(=O)c3csc(C)c3)C(=O)[C@@H]12. The number of carbonyl (C=O) groups is 3. The number of nitrogens with one attached hydrogen (secondary N) is 1. The second kappa shape index (κ2) is 5.28. The largest absolute Gasteiger partial charge is 0.272 e. The molecule has 0 radical (unpaired) electrons. The minimum absolute atomic E-state index is 0.173. The van der Waals surface area contributed by atoms with E-state index in [0.717, 1.165) is 22.7 Å². The van der Waals surface area contributed by atoms with Crippen LogP contribution >= 0.6 is 11.3 Å².